The van der Waals surface area contributed by atoms with E-state index in [0.717, 1.165) is 29.2 Å². The zero-order valence-electron chi connectivity index (χ0n) is 12.7. The number of rotatable bonds is 4. The number of aryl methyl sites for hydroxylation is 1. The van der Waals surface area contributed by atoms with E-state index in [1.54, 1.807) is 6.20 Å². The maximum absolute atomic E-state index is 5.55. The molecule has 3 aromatic rings. The van der Waals surface area contributed by atoms with Gasteiger partial charge in [-0.1, -0.05) is 24.3 Å². The molecule has 2 heterocycles. The topological polar surface area (TPSA) is 69.6 Å². The standard InChI is InChI=1S/C16H17N5.2ClH/c1-21-11-10-18-16(21)15-7-6-14(19-20-15)13-4-2-12(3-5-13)8-9-17;;/h2-7,10-11H,8-9,17H2,1H3;2*1H. The van der Waals surface area contributed by atoms with Crippen LogP contribution in [0.1, 0.15) is 5.56 Å². The van der Waals surface area contributed by atoms with E-state index in [0.29, 0.717) is 6.54 Å². The second-order valence-corrected chi connectivity index (χ2v) is 4.90. The molecule has 122 valence electrons. The fourth-order valence-corrected chi connectivity index (χ4v) is 2.23. The average molecular weight is 352 g/mol. The summed E-state index contributed by atoms with van der Waals surface area (Å²) in [4.78, 5) is 4.27. The molecule has 0 atom stereocenters. The highest BCUT2D eigenvalue weighted by atomic mass is 35.5. The lowest BCUT2D eigenvalue weighted by atomic mass is 10.1. The van der Waals surface area contributed by atoms with Crippen LogP contribution in [0.25, 0.3) is 22.8 Å². The Morgan fingerprint density at radius 2 is 1.61 bits per heavy atom. The molecule has 0 saturated heterocycles. The fourth-order valence-electron chi connectivity index (χ4n) is 2.23. The highest BCUT2D eigenvalue weighted by Crippen LogP contribution is 2.19. The Morgan fingerprint density at radius 1 is 0.957 bits per heavy atom. The van der Waals surface area contributed by atoms with Gasteiger partial charge in [-0.3, -0.25) is 0 Å². The van der Waals surface area contributed by atoms with Gasteiger partial charge in [0.15, 0.2) is 5.82 Å². The van der Waals surface area contributed by atoms with Gasteiger partial charge in [-0.05, 0) is 30.7 Å². The van der Waals surface area contributed by atoms with E-state index in [2.05, 4.69) is 39.4 Å². The van der Waals surface area contributed by atoms with E-state index in [-0.39, 0.29) is 24.8 Å². The maximum atomic E-state index is 5.55. The van der Waals surface area contributed by atoms with Crippen LogP contribution in [-0.4, -0.2) is 26.3 Å². The third-order valence-electron chi connectivity index (χ3n) is 3.40. The molecule has 7 heteroatoms. The van der Waals surface area contributed by atoms with Gasteiger partial charge in [-0.25, -0.2) is 4.98 Å². The zero-order chi connectivity index (χ0) is 14.7. The Hall–Kier alpha value is -1.95. The third kappa shape index (κ3) is 4.28. The van der Waals surface area contributed by atoms with Gasteiger partial charge >= 0.3 is 0 Å². The molecule has 2 aromatic heterocycles. The van der Waals surface area contributed by atoms with Gasteiger partial charge in [0.1, 0.15) is 5.69 Å². The van der Waals surface area contributed by atoms with E-state index in [1.165, 1.54) is 5.56 Å². The van der Waals surface area contributed by atoms with E-state index in [1.807, 2.05) is 29.9 Å². The Balaban J connectivity index is 0.00000132. The van der Waals surface area contributed by atoms with Gasteiger partial charge in [0, 0.05) is 25.0 Å². The van der Waals surface area contributed by atoms with Crippen LogP contribution in [0.5, 0.6) is 0 Å². The molecule has 0 saturated carbocycles. The number of benzene rings is 1. The van der Waals surface area contributed by atoms with Crippen molar-refractivity contribution in [2.24, 2.45) is 12.8 Å². The second-order valence-electron chi connectivity index (χ2n) is 4.90. The van der Waals surface area contributed by atoms with Crippen molar-refractivity contribution in [3.05, 3.63) is 54.4 Å². The van der Waals surface area contributed by atoms with Crippen LogP contribution in [0.3, 0.4) is 0 Å². The number of nitrogens with zero attached hydrogens (tertiary/aromatic N) is 4. The lowest BCUT2D eigenvalue weighted by Gasteiger charge is -2.04. The average Bonchev–Trinajstić information content (AvgIpc) is 2.95. The van der Waals surface area contributed by atoms with Crippen molar-refractivity contribution in [3.63, 3.8) is 0 Å². The minimum atomic E-state index is 0. The Labute approximate surface area is 147 Å². The number of hydrogen-bond donors (Lipinski definition) is 1. The van der Waals surface area contributed by atoms with Crippen LogP contribution in [0.15, 0.2) is 48.8 Å². The summed E-state index contributed by atoms with van der Waals surface area (Å²) in [7, 11) is 1.94. The van der Waals surface area contributed by atoms with Gasteiger partial charge in [-0.2, -0.15) is 0 Å². The number of halogens is 2. The van der Waals surface area contributed by atoms with Crippen LogP contribution in [0, 0.1) is 0 Å². The van der Waals surface area contributed by atoms with Crippen molar-refractivity contribution < 1.29 is 0 Å². The molecule has 0 aliphatic heterocycles. The fraction of sp³-hybridized carbons (Fsp3) is 0.188. The van der Waals surface area contributed by atoms with Gasteiger partial charge in [0.25, 0.3) is 0 Å². The molecule has 1 aromatic carbocycles. The van der Waals surface area contributed by atoms with Crippen LogP contribution >= 0.6 is 24.8 Å². The largest absolute Gasteiger partial charge is 0.333 e. The first-order valence-electron chi connectivity index (χ1n) is 6.89. The van der Waals surface area contributed by atoms with Gasteiger partial charge in [0.05, 0.1) is 5.69 Å². The first kappa shape index (κ1) is 19.1. The van der Waals surface area contributed by atoms with Crippen molar-refractivity contribution in [2.45, 2.75) is 6.42 Å². The number of aromatic nitrogens is 4. The Kier molecular flexibility index (Phi) is 7.16. The van der Waals surface area contributed by atoms with E-state index >= 15 is 0 Å². The molecule has 0 fully saturated rings. The van der Waals surface area contributed by atoms with Crippen LogP contribution in [-0.2, 0) is 13.5 Å². The van der Waals surface area contributed by atoms with Crippen molar-refractivity contribution in [2.75, 3.05) is 6.54 Å². The molecule has 0 aliphatic carbocycles. The summed E-state index contributed by atoms with van der Waals surface area (Å²) in [6.45, 7) is 0.664. The third-order valence-corrected chi connectivity index (χ3v) is 3.40. The summed E-state index contributed by atoms with van der Waals surface area (Å²) in [5.41, 5.74) is 9.46. The summed E-state index contributed by atoms with van der Waals surface area (Å²) in [5, 5.41) is 8.56. The van der Waals surface area contributed by atoms with Crippen molar-refractivity contribution in [1.29, 1.82) is 0 Å². The van der Waals surface area contributed by atoms with Crippen LogP contribution in [0.2, 0.25) is 0 Å². The lowest BCUT2D eigenvalue weighted by molar-refractivity contribution is 0.905. The van der Waals surface area contributed by atoms with Crippen LogP contribution in [0.4, 0.5) is 0 Å². The molecule has 5 nitrogen and oxygen atoms in total. The summed E-state index contributed by atoms with van der Waals surface area (Å²) in [6, 6.07) is 12.2. The minimum absolute atomic E-state index is 0. The van der Waals surface area contributed by atoms with E-state index in [9.17, 15) is 0 Å². The molecule has 3 rings (SSSR count). The quantitative estimate of drug-likeness (QED) is 0.784. The normalized spacial score (nSPS) is 9.83. The Bertz CT molecular complexity index is 723. The zero-order valence-corrected chi connectivity index (χ0v) is 14.3. The summed E-state index contributed by atoms with van der Waals surface area (Å²) in [5.74, 6) is 0.812. The first-order valence-corrected chi connectivity index (χ1v) is 6.89. The SMILES string of the molecule is Cl.Cl.Cn1ccnc1-c1ccc(-c2ccc(CCN)cc2)nn1. The van der Waals surface area contributed by atoms with Gasteiger partial charge in [0.2, 0.25) is 0 Å². The monoisotopic (exact) mass is 351 g/mol. The summed E-state index contributed by atoms with van der Waals surface area (Å²) >= 11 is 0. The predicted octanol–water partition coefficient (Wildman–Crippen LogP) is 2.89. The molecule has 0 spiro atoms. The smallest absolute Gasteiger partial charge is 0.160 e. The van der Waals surface area contributed by atoms with E-state index in [4.69, 9.17) is 5.73 Å². The molecule has 23 heavy (non-hydrogen) atoms. The molecule has 0 radical (unpaired) electrons. The number of nitrogens with two attached hydrogens (primary N) is 1. The number of imidazole rings is 1. The molecule has 0 bridgehead atoms. The maximum Gasteiger partial charge on any atom is 0.160 e. The minimum Gasteiger partial charge on any atom is -0.333 e. The molecule has 0 aliphatic rings. The number of hydrogen-bond acceptors (Lipinski definition) is 4. The summed E-state index contributed by atoms with van der Waals surface area (Å²) < 4.78 is 1.92. The van der Waals surface area contributed by atoms with Crippen LogP contribution < -0.4 is 5.73 Å². The predicted molar refractivity (Wildman–Crippen MR) is 96.9 cm³/mol. The van der Waals surface area contributed by atoms with Crippen molar-refractivity contribution in [3.8, 4) is 22.8 Å². The first-order chi connectivity index (χ1) is 10.3. The molecular weight excluding hydrogens is 333 g/mol. The molecule has 0 unspecified atom stereocenters. The van der Waals surface area contributed by atoms with Crippen molar-refractivity contribution in [1.82, 2.24) is 19.7 Å². The van der Waals surface area contributed by atoms with Crippen molar-refractivity contribution >= 4 is 24.8 Å². The van der Waals surface area contributed by atoms with Gasteiger partial charge < -0.3 is 10.3 Å². The molecular formula is C16H19Cl2N5. The second kappa shape index (κ2) is 8.62. The van der Waals surface area contributed by atoms with Gasteiger partial charge in [-0.15, -0.1) is 35.0 Å². The highest BCUT2D eigenvalue weighted by Gasteiger charge is 2.06. The summed E-state index contributed by atoms with van der Waals surface area (Å²) in [6.07, 6.45) is 4.53. The Morgan fingerprint density at radius 3 is 2.13 bits per heavy atom. The lowest BCUT2D eigenvalue weighted by Crippen LogP contribution is -2.02. The molecule has 2 N–H and O–H groups in total. The van der Waals surface area contributed by atoms with E-state index < -0.39 is 0 Å². The highest BCUT2D eigenvalue weighted by molar-refractivity contribution is 5.85. The molecule has 0 amide bonds.